The van der Waals surface area contributed by atoms with E-state index in [0.29, 0.717) is 43.8 Å². The van der Waals surface area contributed by atoms with E-state index in [1.54, 1.807) is 12.1 Å². The summed E-state index contributed by atoms with van der Waals surface area (Å²) in [5.41, 5.74) is 3.88. The first-order chi connectivity index (χ1) is 17.0. The number of rotatable bonds is 6. The van der Waals surface area contributed by atoms with Gasteiger partial charge in [-0.15, -0.1) is 0 Å². The smallest absolute Gasteiger partial charge is 0.191 e. The summed E-state index contributed by atoms with van der Waals surface area (Å²) in [4.78, 5) is 11.7. The molecule has 0 spiro atoms. The summed E-state index contributed by atoms with van der Waals surface area (Å²) in [5, 5.41) is 17.6. The fourth-order valence-corrected chi connectivity index (χ4v) is 5.16. The standard InChI is InChI=1S/C26H22F2N6S/c1-34(26-33-24(23(11-29)35-26)15-4-6-16(27)7-5-15)22-10-21(14-2-3-14)32-25-19(22)8-17(9-20(25)28)31-18-12-30-13-18/h4-10,14,18,30-31H,2-3,12-13H2,1H3. The topological polar surface area (TPSA) is 76.9 Å². The molecule has 2 N–H and O–H groups in total. The number of aromatic nitrogens is 2. The maximum Gasteiger partial charge on any atom is 0.191 e. The van der Waals surface area contributed by atoms with Gasteiger partial charge in [0.1, 0.15) is 28.0 Å². The molecule has 0 bridgehead atoms. The third-order valence-electron chi connectivity index (χ3n) is 6.50. The number of fused-ring (bicyclic) bond motifs is 1. The summed E-state index contributed by atoms with van der Waals surface area (Å²) in [5.74, 6) is -0.372. The highest BCUT2D eigenvalue weighted by atomic mass is 32.1. The molecule has 0 radical (unpaired) electrons. The van der Waals surface area contributed by atoms with Crippen molar-refractivity contribution in [2.45, 2.75) is 24.8 Å². The van der Waals surface area contributed by atoms with Crippen LogP contribution < -0.4 is 15.5 Å². The molecule has 1 aliphatic heterocycles. The number of pyridine rings is 1. The lowest BCUT2D eigenvalue weighted by Crippen LogP contribution is -2.51. The Morgan fingerprint density at radius 1 is 1.11 bits per heavy atom. The highest BCUT2D eigenvalue weighted by Gasteiger charge is 2.28. The average molecular weight is 489 g/mol. The van der Waals surface area contributed by atoms with Gasteiger partial charge in [-0.3, -0.25) is 0 Å². The van der Waals surface area contributed by atoms with Crippen LogP contribution in [0.1, 0.15) is 29.3 Å². The minimum Gasteiger partial charge on any atom is -0.380 e. The van der Waals surface area contributed by atoms with Crippen LogP contribution in [0.3, 0.4) is 0 Å². The van der Waals surface area contributed by atoms with E-state index < -0.39 is 0 Å². The fraction of sp³-hybridized carbons (Fsp3) is 0.269. The molecule has 4 aromatic rings. The zero-order valence-corrected chi connectivity index (χ0v) is 19.8. The number of benzene rings is 2. The number of hydrogen-bond acceptors (Lipinski definition) is 7. The van der Waals surface area contributed by atoms with Crippen molar-refractivity contribution in [2.75, 3.05) is 30.4 Å². The van der Waals surface area contributed by atoms with Crippen LogP contribution in [-0.4, -0.2) is 36.1 Å². The molecule has 3 heterocycles. The van der Waals surface area contributed by atoms with Gasteiger partial charge < -0.3 is 15.5 Å². The highest BCUT2D eigenvalue weighted by molar-refractivity contribution is 7.16. The van der Waals surface area contributed by atoms with Gasteiger partial charge in [-0.2, -0.15) is 5.26 Å². The van der Waals surface area contributed by atoms with Crippen LogP contribution in [-0.2, 0) is 0 Å². The predicted octanol–water partition coefficient (Wildman–Crippen LogP) is 5.54. The van der Waals surface area contributed by atoms with Gasteiger partial charge >= 0.3 is 0 Å². The second kappa shape index (κ2) is 8.56. The molecule has 2 fully saturated rings. The first kappa shape index (κ1) is 21.9. The average Bonchev–Trinajstić information content (AvgIpc) is 3.60. The van der Waals surface area contributed by atoms with E-state index in [1.165, 1.54) is 29.5 Å². The van der Waals surface area contributed by atoms with E-state index in [2.05, 4.69) is 21.7 Å². The van der Waals surface area contributed by atoms with E-state index in [-0.39, 0.29) is 17.7 Å². The molecule has 2 aromatic carbocycles. The van der Waals surface area contributed by atoms with Crippen LogP contribution in [0.25, 0.3) is 22.2 Å². The van der Waals surface area contributed by atoms with Crippen molar-refractivity contribution in [3.05, 3.63) is 64.7 Å². The Balaban J connectivity index is 1.46. The number of anilines is 3. The van der Waals surface area contributed by atoms with Crippen LogP contribution in [0.2, 0.25) is 0 Å². The summed E-state index contributed by atoms with van der Waals surface area (Å²) in [6, 6.07) is 13.9. The summed E-state index contributed by atoms with van der Waals surface area (Å²) in [7, 11) is 1.87. The van der Waals surface area contributed by atoms with Gasteiger partial charge in [0, 0.05) is 48.4 Å². The van der Waals surface area contributed by atoms with Crippen molar-refractivity contribution in [2.24, 2.45) is 0 Å². The lowest BCUT2D eigenvalue weighted by Gasteiger charge is -2.29. The Labute approximate surface area is 205 Å². The first-order valence-electron chi connectivity index (χ1n) is 11.5. The van der Waals surface area contributed by atoms with E-state index in [0.717, 1.165) is 37.3 Å². The van der Waals surface area contributed by atoms with E-state index >= 15 is 4.39 Å². The zero-order chi connectivity index (χ0) is 24.1. The molecule has 2 aliphatic rings. The van der Waals surface area contributed by atoms with Crippen molar-refractivity contribution < 1.29 is 8.78 Å². The molecule has 2 aromatic heterocycles. The van der Waals surface area contributed by atoms with Crippen LogP contribution in [0, 0.1) is 23.0 Å². The van der Waals surface area contributed by atoms with Gasteiger partial charge in [-0.05, 0) is 55.3 Å². The zero-order valence-electron chi connectivity index (χ0n) is 19.0. The molecular weight excluding hydrogens is 466 g/mol. The van der Waals surface area contributed by atoms with Crippen molar-refractivity contribution in [3.63, 3.8) is 0 Å². The van der Waals surface area contributed by atoms with Crippen molar-refractivity contribution in [3.8, 4) is 17.3 Å². The largest absolute Gasteiger partial charge is 0.380 e. The summed E-state index contributed by atoms with van der Waals surface area (Å²) in [6.45, 7) is 1.68. The normalized spacial score (nSPS) is 15.6. The van der Waals surface area contributed by atoms with Crippen LogP contribution in [0.5, 0.6) is 0 Å². The Kier molecular flexibility index (Phi) is 5.35. The molecule has 1 saturated heterocycles. The molecule has 0 amide bonds. The van der Waals surface area contributed by atoms with Crippen LogP contribution >= 0.6 is 11.3 Å². The number of halogens is 2. The van der Waals surface area contributed by atoms with E-state index in [9.17, 15) is 9.65 Å². The van der Waals surface area contributed by atoms with Crippen molar-refractivity contribution in [1.82, 2.24) is 15.3 Å². The molecule has 9 heteroatoms. The molecule has 6 rings (SSSR count). The van der Waals surface area contributed by atoms with Gasteiger partial charge in [0.15, 0.2) is 10.9 Å². The van der Waals surface area contributed by atoms with Crippen LogP contribution in [0.4, 0.5) is 25.3 Å². The minimum atomic E-state index is -0.363. The molecule has 0 unspecified atom stereocenters. The van der Waals surface area contributed by atoms with Gasteiger partial charge in [0.2, 0.25) is 0 Å². The fourth-order valence-electron chi connectivity index (χ4n) is 4.30. The lowest BCUT2D eigenvalue weighted by atomic mass is 10.1. The van der Waals surface area contributed by atoms with Crippen molar-refractivity contribution in [1.29, 1.82) is 5.26 Å². The monoisotopic (exact) mass is 488 g/mol. The van der Waals surface area contributed by atoms with Gasteiger partial charge in [0.05, 0.1) is 11.7 Å². The highest BCUT2D eigenvalue weighted by Crippen LogP contribution is 2.44. The molecule has 0 atom stereocenters. The third-order valence-corrected chi connectivity index (χ3v) is 7.53. The number of nitriles is 1. The SMILES string of the molecule is CN(c1nc(-c2ccc(F)cc2)c(C#N)s1)c1cc(C2CC2)nc2c(F)cc(NC3CNC3)cc12. The molecular formula is C26H22F2N6S. The summed E-state index contributed by atoms with van der Waals surface area (Å²) < 4.78 is 28.7. The number of thiazole rings is 1. The first-order valence-corrected chi connectivity index (χ1v) is 12.3. The summed E-state index contributed by atoms with van der Waals surface area (Å²) >= 11 is 1.25. The molecule has 35 heavy (non-hydrogen) atoms. The van der Waals surface area contributed by atoms with E-state index in [1.807, 2.05) is 24.1 Å². The second-order valence-corrected chi connectivity index (χ2v) is 10.0. The second-order valence-electron chi connectivity index (χ2n) is 9.05. The van der Waals surface area contributed by atoms with Gasteiger partial charge in [-0.1, -0.05) is 11.3 Å². The minimum absolute atomic E-state index is 0.266. The van der Waals surface area contributed by atoms with Crippen molar-refractivity contribution >= 4 is 38.7 Å². The predicted molar refractivity (Wildman–Crippen MR) is 134 cm³/mol. The quantitative estimate of drug-likeness (QED) is 0.371. The third kappa shape index (κ3) is 4.09. The number of nitrogens with zero attached hydrogens (tertiary/aromatic N) is 4. The Bertz CT molecular complexity index is 1470. The van der Waals surface area contributed by atoms with E-state index in [4.69, 9.17) is 4.98 Å². The van der Waals surface area contributed by atoms with Gasteiger partial charge in [0.25, 0.3) is 0 Å². The van der Waals surface area contributed by atoms with Crippen LogP contribution in [0.15, 0.2) is 42.5 Å². The maximum atomic E-state index is 15.3. The summed E-state index contributed by atoms with van der Waals surface area (Å²) in [6.07, 6.45) is 2.09. The Hall–Kier alpha value is -3.61. The molecule has 176 valence electrons. The lowest BCUT2D eigenvalue weighted by molar-refractivity contribution is 0.472. The Morgan fingerprint density at radius 2 is 1.89 bits per heavy atom. The number of hydrogen-bond donors (Lipinski definition) is 2. The number of nitrogens with one attached hydrogen (secondary N) is 2. The molecule has 1 saturated carbocycles. The molecule has 1 aliphatic carbocycles. The maximum absolute atomic E-state index is 15.3. The van der Waals surface area contributed by atoms with Gasteiger partial charge in [-0.25, -0.2) is 18.7 Å². The Morgan fingerprint density at radius 3 is 2.54 bits per heavy atom. The molecule has 6 nitrogen and oxygen atoms in total.